The quantitative estimate of drug-likeness (QED) is 0.899. The molecule has 2 aromatic rings. The van der Waals surface area contributed by atoms with Gasteiger partial charge in [-0.2, -0.15) is 0 Å². The van der Waals surface area contributed by atoms with Crippen molar-refractivity contribution in [2.24, 2.45) is 0 Å². The minimum absolute atomic E-state index is 0.0459. The van der Waals surface area contributed by atoms with Gasteiger partial charge in [0.2, 0.25) is 5.95 Å². The molecular formula is C18H23N5O2. The van der Waals surface area contributed by atoms with Crippen molar-refractivity contribution in [1.29, 1.82) is 0 Å². The standard InChI is InChI=1S/C18H23N5O2/c1-2-25-16-6-3-5-15(13-16)14-21-18(24)23-11-9-22(10-12-23)17-19-7-4-8-20-17/h3-8,13H,2,9-12,14H2,1H3,(H,21,24). The number of urea groups is 1. The van der Waals surface area contributed by atoms with Crippen molar-refractivity contribution in [1.82, 2.24) is 20.2 Å². The van der Waals surface area contributed by atoms with Gasteiger partial charge < -0.3 is 19.9 Å². The highest BCUT2D eigenvalue weighted by Crippen LogP contribution is 2.13. The van der Waals surface area contributed by atoms with Gasteiger partial charge in [0, 0.05) is 45.1 Å². The van der Waals surface area contributed by atoms with E-state index in [1.165, 1.54) is 0 Å². The summed E-state index contributed by atoms with van der Waals surface area (Å²) in [5, 5.41) is 2.97. The minimum Gasteiger partial charge on any atom is -0.494 e. The number of piperazine rings is 1. The second-order valence-corrected chi connectivity index (χ2v) is 5.76. The average molecular weight is 341 g/mol. The Balaban J connectivity index is 1.47. The van der Waals surface area contributed by atoms with Crippen molar-refractivity contribution in [2.45, 2.75) is 13.5 Å². The Morgan fingerprint density at radius 2 is 1.92 bits per heavy atom. The van der Waals surface area contributed by atoms with E-state index in [-0.39, 0.29) is 6.03 Å². The fraction of sp³-hybridized carbons (Fsp3) is 0.389. The van der Waals surface area contributed by atoms with Gasteiger partial charge in [-0.1, -0.05) is 12.1 Å². The van der Waals surface area contributed by atoms with E-state index in [4.69, 9.17) is 4.74 Å². The molecule has 0 radical (unpaired) electrons. The maximum Gasteiger partial charge on any atom is 0.317 e. The molecule has 1 aliphatic heterocycles. The molecule has 1 aliphatic rings. The number of aromatic nitrogens is 2. The van der Waals surface area contributed by atoms with Gasteiger partial charge in [-0.15, -0.1) is 0 Å². The predicted octanol–water partition coefficient (Wildman–Crippen LogP) is 1.91. The summed E-state index contributed by atoms with van der Waals surface area (Å²) in [6.07, 6.45) is 3.47. The summed E-state index contributed by atoms with van der Waals surface area (Å²) >= 11 is 0. The second-order valence-electron chi connectivity index (χ2n) is 5.76. The van der Waals surface area contributed by atoms with Gasteiger partial charge in [-0.05, 0) is 30.7 Å². The Kier molecular flexibility index (Phi) is 5.66. The smallest absolute Gasteiger partial charge is 0.317 e. The number of rotatable bonds is 5. The fourth-order valence-corrected chi connectivity index (χ4v) is 2.77. The van der Waals surface area contributed by atoms with E-state index < -0.39 is 0 Å². The number of nitrogens with one attached hydrogen (secondary N) is 1. The first kappa shape index (κ1) is 17.0. The number of hydrogen-bond acceptors (Lipinski definition) is 5. The third kappa shape index (κ3) is 4.59. The topological polar surface area (TPSA) is 70.6 Å². The van der Waals surface area contributed by atoms with Crippen LogP contribution in [-0.4, -0.2) is 53.7 Å². The summed E-state index contributed by atoms with van der Waals surface area (Å²) in [6.45, 7) is 5.85. The van der Waals surface area contributed by atoms with Crippen LogP contribution in [0.1, 0.15) is 12.5 Å². The van der Waals surface area contributed by atoms with Crippen molar-refractivity contribution in [3.8, 4) is 5.75 Å². The highest BCUT2D eigenvalue weighted by molar-refractivity contribution is 5.74. The normalized spacial score (nSPS) is 14.3. The monoisotopic (exact) mass is 341 g/mol. The van der Waals surface area contributed by atoms with Crippen LogP contribution in [0.3, 0.4) is 0 Å². The number of hydrogen-bond donors (Lipinski definition) is 1. The first-order valence-corrected chi connectivity index (χ1v) is 8.52. The maximum atomic E-state index is 12.4. The predicted molar refractivity (Wildman–Crippen MR) is 95.7 cm³/mol. The fourth-order valence-electron chi connectivity index (χ4n) is 2.77. The summed E-state index contributed by atoms with van der Waals surface area (Å²) < 4.78 is 5.48. The zero-order chi connectivity index (χ0) is 17.5. The molecule has 0 atom stereocenters. The molecule has 1 saturated heterocycles. The molecule has 7 nitrogen and oxygen atoms in total. The van der Waals surface area contributed by atoms with Crippen molar-refractivity contribution < 1.29 is 9.53 Å². The van der Waals surface area contributed by atoms with Crippen LogP contribution in [0.4, 0.5) is 10.7 Å². The van der Waals surface area contributed by atoms with Gasteiger partial charge in [-0.25, -0.2) is 14.8 Å². The third-order valence-electron chi connectivity index (χ3n) is 4.06. The zero-order valence-corrected chi connectivity index (χ0v) is 14.4. The molecule has 0 aliphatic carbocycles. The van der Waals surface area contributed by atoms with Gasteiger partial charge in [0.05, 0.1) is 6.61 Å². The van der Waals surface area contributed by atoms with Crippen LogP contribution < -0.4 is 15.0 Å². The third-order valence-corrected chi connectivity index (χ3v) is 4.06. The summed E-state index contributed by atoms with van der Waals surface area (Å²) in [4.78, 5) is 24.8. The van der Waals surface area contributed by atoms with Crippen LogP contribution in [0, 0.1) is 0 Å². The van der Waals surface area contributed by atoms with E-state index >= 15 is 0 Å². The molecule has 3 rings (SSSR count). The molecule has 2 amide bonds. The van der Waals surface area contributed by atoms with E-state index in [1.54, 1.807) is 18.5 Å². The highest BCUT2D eigenvalue weighted by Gasteiger charge is 2.22. The minimum atomic E-state index is -0.0459. The number of anilines is 1. The lowest BCUT2D eigenvalue weighted by Crippen LogP contribution is -2.52. The highest BCUT2D eigenvalue weighted by atomic mass is 16.5. The largest absolute Gasteiger partial charge is 0.494 e. The number of carbonyl (C=O) groups excluding carboxylic acids is 1. The van der Waals surface area contributed by atoms with Gasteiger partial charge in [0.25, 0.3) is 0 Å². The summed E-state index contributed by atoms with van der Waals surface area (Å²) in [6, 6.07) is 9.54. The van der Waals surface area contributed by atoms with Crippen molar-refractivity contribution in [3.05, 3.63) is 48.3 Å². The average Bonchev–Trinajstić information content (AvgIpc) is 2.67. The number of benzene rings is 1. The molecule has 25 heavy (non-hydrogen) atoms. The van der Waals surface area contributed by atoms with Gasteiger partial charge in [0.15, 0.2) is 0 Å². The van der Waals surface area contributed by atoms with E-state index in [0.29, 0.717) is 26.2 Å². The van der Waals surface area contributed by atoms with E-state index in [0.717, 1.165) is 30.4 Å². The molecule has 1 fully saturated rings. The molecule has 1 aromatic carbocycles. The van der Waals surface area contributed by atoms with Crippen LogP contribution in [-0.2, 0) is 6.54 Å². The molecule has 2 heterocycles. The van der Waals surface area contributed by atoms with Crippen LogP contribution >= 0.6 is 0 Å². The molecule has 1 aromatic heterocycles. The van der Waals surface area contributed by atoms with Gasteiger partial charge in [0.1, 0.15) is 5.75 Å². The zero-order valence-electron chi connectivity index (χ0n) is 14.4. The van der Waals surface area contributed by atoms with E-state index in [1.807, 2.05) is 36.1 Å². The molecule has 1 N–H and O–H groups in total. The van der Waals surface area contributed by atoms with Gasteiger partial charge in [-0.3, -0.25) is 0 Å². The van der Waals surface area contributed by atoms with Crippen LogP contribution in [0.25, 0.3) is 0 Å². The number of nitrogens with zero attached hydrogens (tertiary/aromatic N) is 4. The van der Waals surface area contributed by atoms with E-state index in [9.17, 15) is 4.79 Å². The van der Waals surface area contributed by atoms with E-state index in [2.05, 4.69) is 20.2 Å². The van der Waals surface area contributed by atoms with Gasteiger partial charge >= 0.3 is 6.03 Å². The summed E-state index contributed by atoms with van der Waals surface area (Å²) in [7, 11) is 0. The lowest BCUT2D eigenvalue weighted by atomic mass is 10.2. The molecule has 0 bridgehead atoms. The summed E-state index contributed by atoms with van der Waals surface area (Å²) in [5.74, 6) is 1.54. The molecule has 0 saturated carbocycles. The Morgan fingerprint density at radius 3 is 2.64 bits per heavy atom. The SMILES string of the molecule is CCOc1cccc(CNC(=O)N2CCN(c3ncccn3)CC2)c1. The number of ether oxygens (including phenoxy) is 1. The van der Waals surface area contributed by atoms with Crippen LogP contribution in [0.2, 0.25) is 0 Å². The number of carbonyl (C=O) groups is 1. The van der Waals surface area contributed by atoms with Crippen molar-refractivity contribution in [2.75, 3.05) is 37.7 Å². The maximum absolute atomic E-state index is 12.4. The Bertz CT molecular complexity index is 687. The summed E-state index contributed by atoms with van der Waals surface area (Å²) in [5.41, 5.74) is 1.02. The van der Waals surface area contributed by atoms with Crippen LogP contribution in [0.5, 0.6) is 5.75 Å². The lowest BCUT2D eigenvalue weighted by molar-refractivity contribution is 0.193. The Morgan fingerprint density at radius 1 is 1.16 bits per heavy atom. The Hall–Kier alpha value is -2.83. The van der Waals surface area contributed by atoms with Crippen LogP contribution in [0.15, 0.2) is 42.7 Å². The number of amides is 2. The molecule has 0 spiro atoms. The molecule has 132 valence electrons. The second kappa shape index (κ2) is 8.32. The first-order chi connectivity index (χ1) is 12.3. The lowest BCUT2D eigenvalue weighted by Gasteiger charge is -2.34. The molecule has 7 heteroatoms. The Labute approximate surface area is 147 Å². The molecule has 0 unspecified atom stereocenters. The molecular weight excluding hydrogens is 318 g/mol. The van der Waals surface area contributed by atoms with Crippen molar-refractivity contribution in [3.63, 3.8) is 0 Å². The first-order valence-electron chi connectivity index (χ1n) is 8.52. The van der Waals surface area contributed by atoms with Crippen molar-refractivity contribution >= 4 is 12.0 Å².